The highest BCUT2D eigenvalue weighted by atomic mass is 32.2. The van der Waals surface area contributed by atoms with E-state index in [-0.39, 0.29) is 11.7 Å². The Hall–Kier alpha value is -2.71. The molecule has 0 atom stereocenters. The second kappa shape index (κ2) is 7.89. The molecule has 0 aliphatic rings. The van der Waals surface area contributed by atoms with E-state index in [1.54, 1.807) is 17.5 Å². The zero-order chi connectivity index (χ0) is 18.6. The van der Waals surface area contributed by atoms with Crippen LogP contribution in [0.1, 0.15) is 6.92 Å². The molecule has 4 aromatic rings. The summed E-state index contributed by atoms with van der Waals surface area (Å²) in [5.41, 5.74) is 1.62. The van der Waals surface area contributed by atoms with Crippen LogP contribution < -0.4 is 5.32 Å². The lowest BCUT2D eigenvalue weighted by atomic mass is 10.2. The molecule has 0 spiro atoms. The lowest BCUT2D eigenvalue weighted by molar-refractivity contribution is -0.113. The minimum Gasteiger partial charge on any atom is -0.325 e. The zero-order valence-electron chi connectivity index (χ0n) is 14.6. The molecule has 8 heteroatoms. The van der Waals surface area contributed by atoms with E-state index in [0.29, 0.717) is 0 Å². The number of aromatic nitrogens is 4. The summed E-state index contributed by atoms with van der Waals surface area (Å²) in [6, 6.07) is 13.5. The van der Waals surface area contributed by atoms with Crippen LogP contribution in [0.25, 0.3) is 21.6 Å². The maximum atomic E-state index is 12.5. The van der Waals surface area contributed by atoms with E-state index in [9.17, 15) is 4.79 Å². The number of pyridine rings is 1. The number of hydrogen-bond acceptors (Lipinski definition) is 6. The molecule has 0 saturated heterocycles. The summed E-state index contributed by atoms with van der Waals surface area (Å²) in [5, 5.41) is 15.2. The van der Waals surface area contributed by atoms with Gasteiger partial charge in [0.1, 0.15) is 0 Å². The second-order valence-electron chi connectivity index (χ2n) is 5.74. The number of benzene rings is 1. The number of fused-ring (bicyclic) bond motifs is 1. The maximum Gasteiger partial charge on any atom is 0.234 e. The van der Waals surface area contributed by atoms with E-state index in [1.165, 1.54) is 11.8 Å². The van der Waals surface area contributed by atoms with Crippen molar-refractivity contribution in [2.75, 3.05) is 11.1 Å². The molecule has 0 aliphatic heterocycles. The normalized spacial score (nSPS) is 11.0. The smallest absolute Gasteiger partial charge is 0.234 e. The highest BCUT2D eigenvalue weighted by Gasteiger charge is 2.15. The Balaban J connectivity index is 1.47. The van der Waals surface area contributed by atoms with Crippen LogP contribution in [0.3, 0.4) is 0 Å². The van der Waals surface area contributed by atoms with Crippen molar-refractivity contribution in [1.29, 1.82) is 0 Å². The quantitative estimate of drug-likeness (QED) is 0.493. The number of carbonyl (C=O) groups excluding carboxylic acids is 1. The van der Waals surface area contributed by atoms with Crippen molar-refractivity contribution < 1.29 is 4.79 Å². The molecule has 6 nitrogen and oxygen atoms in total. The summed E-state index contributed by atoms with van der Waals surface area (Å²) in [7, 11) is 0. The molecule has 0 fully saturated rings. The molecule has 136 valence electrons. The first-order chi connectivity index (χ1) is 13.3. The van der Waals surface area contributed by atoms with Crippen molar-refractivity contribution in [3.05, 3.63) is 54.0 Å². The van der Waals surface area contributed by atoms with Crippen LogP contribution in [-0.2, 0) is 11.3 Å². The SMILES string of the molecule is CCn1c(SCC(=O)Nc2cccc3ncccc23)nnc1-c1cccs1. The van der Waals surface area contributed by atoms with Crippen LogP contribution in [-0.4, -0.2) is 31.4 Å². The van der Waals surface area contributed by atoms with Gasteiger partial charge in [0, 0.05) is 18.1 Å². The molecule has 1 aromatic carbocycles. The Labute approximate surface area is 164 Å². The average molecular weight is 396 g/mol. The molecule has 0 aliphatic carbocycles. The predicted octanol–water partition coefficient (Wildman–Crippen LogP) is 4.31. The van der Waals surface area contributed by atoms with E-state index < -0.39 is 0 Å². The summed E-state index contributed by atoms with van der Waals surface area (Å²) >= 11 is 3.02. The summed E-state index contributed by atoms with van der Waals surface area (Å²) in [5.74, 6) is 1.02. The van der Waals surface area contributed by atoms with Gasteiger partial charge in [-0.2, -0.15) is 0 Å². The van der Waals surface area contributed by atoms with E-state index in [0.717, 1.165) is 39.0 Å². The summed E-state index contributed by atoms with van der Waals surface area (Å²) in [4.78, 5) is 17.8. The summed E-state index contributed by atoms with van der Waals surface area (Å²) in [6.45, 7) is 2.80. The summed E-state index contributed by atoms with van der Waals surface area (Å²) < 4.78 is 2.03. The number of nitrogens with one attached hydrogen (secondary N) is 1. The molecule has 1 amide bonds. The predicted molar refractivity (Wildman–Crippen MR) is 110 cm³/mol. The van der Waals surface area contributed by atoms with Crippen molar-refractivity contribution in [1.82, 2.24) is 19.7 Å². The first-order valence-corrected chi connectivity index (χ1v) is 10.4. The molecule has 0 radical (unpaired) electrons. The van der Waals surface area contributed by atoms with E-state index in [4.69, 9.17) is 0 Å². The van der Waals surface area contributed by atoms with E-state index in [2.05, 4.69) is 20.5 Å². The average Bonchev–Trinajstić information content (AvgIpc) is 3.36. The zero-order valence-corrected chi connectivity index (χ0v) is 16.3. The van der Waals surface area contributed by atoms with Gasteiger partial charge in [-0.25, -0.2) is 0 Å². The van der Waals surface area contributed by atoms with E-state index >= 15 is 0 Å². The van der Waals surface area contributed by atoms with Gasteiger partial charge < -0.3 is 9.88 Å². The molecular weight excluding hydrogens is 378 g/mol. The van der Waals surface area contributed by atoms with Gasteiger partial charge in [-0.1, -0.05) is 23.9 Å². The fraction of sp³-hybridized carbons (Fsp3) is 0.158. The minimum atomic E-state index is -0.0836. The van der Waals surface area contributed by atoms with Crippen LogP contribution in [0.2, 0.25) is 0 Å². The van der Waals surface area contributed by atoms with Gasteiger partial charge in [0.25, 0.3) is 0 Å². The number of rotatable bonds is 6. The van der Waals surface area contributed by atoms with Gasteiger partial charge >= 0.3 is 0 Å². The number of thioether (sulfide) groups is 1. The van der Waals surface area contributed by atoms with Gasteiger partial charge in [0.15, 0.2) is 11.0 Å². The van der Waals surface area contributed by atoms with Crippen LogP contribution in [0.4, 0.5) is 5.69 Å². The van der Waals surface area contributed by atoms with Crippen molar-refractivity contribution in [2.45, 2.75) is 18.6 Å². The fourth-order valence-electron chi connectivity index (χ4n) is 2.80. The highest BCUT2D eigenvalue weighted by molar-refractivity contribution is 7.99. The van der Waals surface area contributed by atoms with Gasteiger partial charge in [-0.05, 0) is 42.6 Å². The van der Waals surface area contributed by atoms with Crippen LogP contribution in [0, 0.1) is 0 Å². The van der Waals surface area contributed by atoms with Gasteiger partial charge in [0.05, 0.1) is 21.8 Å². The molecule has 27 heavy (non-hydrogen) atoms. The topological polar surface area (TPSA) is 72.7 Å². The Kier molecular flexibility index (Phi) is 5.17. The fourth-order valence-corrected chi connectivity index (χ4v) is 4.32. The Morgan fingerprint density at radius 3 is 2.93 bits per heavy atom. The number of anilines is 1. The molecule has 1 N–H and O–H groups in total. The number of carbonyl (C=O) groups is 1. The van der Waals surface area contributed by atoms with Gasteiger partial charge in [-0.3, -0.25) is 9.78 Å². The van der Waals surface area contributed by atoms with Gasteiger partial charge in [0.2, 0.25) is 5.91 Å². The molecular formula is C19H17N5OS2. The van der Waals surface area contributed by atoms with E-state index in [1.807, 2.05) is 59.3 Å². The molecule has 3 aromatic heterocycles. The molecule has 3 heterocycles. The van der Waals surface area contributed by atoms with Gasteiger partial charge in [-0.15, -0.1) is 21.5 Å². The third-order valence-corrected chi connectivity index (χ3v) is 5.86. The monoisotopic (exact) mass is 395 g/mol. The third kappa shape index (κ3) is 3.72. The standard InChI is InChI=1S/C19H17N5OS2/c1-2-24-18(16-9-5-11-26-16)22-23-19(24)27-12-17(25)21-15-8-3-7-14-13(15)6-4-10-20-14/h3-11H,2,12H2,1H3,(H,21,25). The number of nitrogens with zero attached hydrogens (tertiary/aromatic N) is 4. The van der Waals surface area contributed by atoms with Crippen LogP contribution in [0.5, 0.6) is 0 Å². The number of hydrogen-bond donors (Lipinski definition) is 1. The maximum absolute atomic E-state index is 12.5. The molecule has 4 rings (SSSR count). The number of thiophene rings is 1. The Morgan fingerprint density at radius 1 is 1.19 bits per heavy atom. The lowest BCUT2D eigenvalue weighted by Crippen LogP contribution is -2.15. The van der Waals surface area contributed by atoms with Crippen molar-refractivity contribution in [3.63, 3.8) is 0 Å². The molecule has 0 unspecified atom stereocenters. The summed E-state index contributed by atoms with van der Waals surface area (Å²) in [6.07, 6.45) is 1.74. The molecule has 0 saturated carbocycles. The van der Waals surface area contributed by atoms with Crippen LogP contribution >= 0.6 is 23.1 Å². The van der Waals surface area contributed by atoms with Crippen molar-refractivity contribution >= 4 is 45.6 Å². The van der Waals surface area contributed by atoms with Crippen LogP contribution in [0.15, 0.2) is 59.2 Å². The largest absolute Gasteiger partial charge is 0.325 e. The lowest BCUT2D eigenvalue weighted by Gasteiger charge is -2.09. The molecule has 0 bridgehead atoms. The first kappa shape index (κ1) is 17.7. The first-order valence-electron chi connectivity index (χ1n) is 8.49. The third-order valence-electron chi connectivity index (χ3n) is 4.03. The second-order valence-corrected chi connectivity index (χ2v) is 7.63. The van der Waals surface area contributed by atoms with Crippen molar-refractivity contribution in [2.24, 2.45) is 0 Å². The van der Waals surface area contributed by atoms with Crippen molar-refractivity contribution in [3.8, 4) is 10.7 Å². The highest BCUT2D eigenvalue weighted by Crippen LogP contribution is 2.27. The Morgan fingerprint density at radius 2 is 2.11 bits per heavy atom. The Bertz CT molecular complexity index is 1070. The number of amides is 1. The minimum absolute atomic E-state index is 0.0836.